The van der Waals surface area contributed by atoms with Crippen LogP contribution in [0.15, 0.2) is 76.0 Å². The third-order valence-corrected chi connectivity index (χ3v) is 8.00. The molecule has 0 spiro atoms. The molecule has 0 fully saturated rings. The molecule has 37 heavy (non-hydrogen) atoms. The lowest BCUT2D eigenvalue weighted by molar-refractivity contribution is 0.102. The molecule has 0 bridgehead atoms. The van der Waals surface area contributed by atoms with Crippen LogP contribution in [-0.2, 0) is 23.0 Å². The zero-order valence-electron chi connectivity index (χ0n) is 20.2. The minimum absolute atomic E-state index is 0.106. The molecule has 0 atom stereocenters. The van der Waals surface area contributed by atoms with Crippen LogP contribution in [0.1, 0.15) is 21.5 Å². The topological polar surface area (TPSA) is 124 Å². The van der Waals surface area contributed by atoms with Gasteiger partial charge < -0.3 is 13.9 Å². The van der Waals surface area contributed by atoms with Crippen molar-refractivity contribution in [1.82, 2.24) is 14.5 Å². The van der Waals surface area contributed by atoms with Crippen molar-refractivity contribution >= 4 is 21.9 Å². The Morgan fingerprint density at radius 2 is 1.59 bits per heavy atom. The summed E-state index contributed by atoms with van der Waals surface area (Å²) in [5.74, 6) is 0.511. The van der Waals surface area contributed by atoms with E-state index in [1.165, 1.54) is 42.8 Å². The molecule has 1 aliphatic rings. The van der Waals surface area contributed by atoms with Crippen molar-refractivity contribution in [3.63, 3.8) is 0 Å². The second-order valence-corrected chi connectivity index (χ2v) is 10.2. The molecule has 3 aromatic carbocycles. The van der Waals surface area contributed by atoms with Gasteiger partial charge >= 0.3 is 6.01 Å². The summed E-state index contributed by atoms with van der Waals surface area (Å²) < 4.78 is 44.1. The van der Waals surface area contributed by atoms with E-state index in [0.717, 1.165) is 11.1 Å². The summed E-state index contributed by atoms with van der Waals surface area (Å²) in [6.45, 7) is 0.718. The molecule has 1 amide bonds. The summed E-state index contributed by atoms with van der Waals surface area (Å²) >= 11 is 0. The summed E-state index contributed by atoms with van der Waals surface area (Å²) in [4.78, 5) is 12.9. The highest BCUT2D eigenvalue weighted by atomic mass is 32.2. The lowest BCUT2D eigenvalue weighted by Crippen LogP contribution is -2.35. The third kappa shape index (κ3) is 4.78. The first-order chi connectivity index (χ1) is 17.9. The van der Waals surface area contributed by atoms with E-state index in [1.807, 2.05) is 24.3 Å². The fourth-order valence-corrected chi connectivity index (χ4v) is 5.63. The van der Waals surface area contributed by atoms with E-state index in [2.05, 4.69) is 15.5 Å². The van der Waals surface area contributed by atoms with Gasteiger partial charge in [0.1, 0.15) is 17.1 Å². The van der Waals surface area contributed by atoms with Gasteiger partial charge in [-0.25, -0.2) is 8.42 Å². The van der Waals surface area contributed by atoms with E-state index in [1.54, 1.807) is 18.2 Å². The zero-order chi connectivity index (χ0) is 26.0. The van der Waals surface area contributed by atoms with Gasteiger partial charge in [0.25, 0.3) is 11.8 Å². The molecule has 1 aromatic heterocycles. The van der Waals surface area contributed by atoms with Crippen molar-refractivity contribution in [3.8, 4) is 23.0 Å². The number of sulfonamides is 1. The number of aromatic nitrogens is 2. The fourth-order valence-electron chi connectivity index (χ4n) is 4.21. The standard InChI is InChI=1S/C26H24N4O6S/c1-34-21-8-5-9-22(35-2)23(21)25-28-29-26(36-25)27-24(31)18-10-12-20(13-11-18)37(32,33)30-15-14-17-6-3-4-7-19(17)16-30/h3-13H,14-16H2,1-2H3,(H,27,29,31). The number of carbonyl (C=O) groups excluding carboxylic acids is 1. The number of nitrogens with zero attached hydrogens (tertiary/aromatic N) is 3. The van der Waals surface area contributed by atoms with E-state index in [4.69, 9.17) is 13.9 Å². The lowest BCUT2D eigenvalue weighted by atomic mass is 10.0. The first kappa shape index (κ1) is 24.5. The van der Waals surface area contributed by atoms with Crippen molar-refractivity contribution in [2.45, 2.75) is 17.9 Å². The predicted octanol–water partition coefficient (Wildman–Crippen LogP) is 3.75. The molecule has 190 valence electrons. The summed E-state index contributed by atoms with van der Waals surface area (Å²) in [5.41, 5.74) is 2.85. The van der Waals surface area contributed by atoms with Gasteiger partial charge in [-0.05, 0) is 53.9 Å². The second kappa shape index (κ2) is 10.0. The Labute approximate surface area is 213 Å². The van der Waals surface area contributed by atoms with Crippen LogP contribution >= 0.6 is 0 Å². The number of carbonyl (C=O) groups is 1. The number of fused-ring (bicyclic) bond motifs is 1. The van der Waals surface area contributed by atoms with Crippen LogP contribution in [0.2, 0.25) is 0 Å². The van der Waals surface area contributed by atoms with Crippen LogP contribution in [-0.4, -0.2) is 49.6 Å². The average Bonchev–Trinajstić information content (AvgIpc) is 3.40. The highest BCUT2D eigenvalue weighted by molar-refractivity contribution is 7.89. The van der Waals surface area contributed by atoms with E-state index < -0.39 is 15.9 Å². The molecule has 11 heteroatoms. The number of hydrogen-bond acceptors (Lipinski definition) is 8. The van der Waals surface area contributed by atoms with E-state index >= 15 is 0 Å². The highest BCUT2D eigenvalue weighted by Gasteiger charge is 2.28. The number of methoxy groups -OCH3 is 2. The minimum Gasteiger partial charge on any atom is -0.496 e. The third-order valence-electron chi connectivity index (χ3n) is 6.14. The molecule has 10 nitrogen and oxygen atoms in total. The van der Waals surface area contributed by atoms with Crippen molar-refractivity contribution in [3.05, 3.63) is 83.4 Å². The van der Waals surface area contributed by atoms with Crippen LogP contribution in [0.25, 0.3) is 11.5 Å². The van der Waals surface area contributed by atoms with Gasteiger partial charge in [-0.15, -0.1) is 5.10 Å². The van der Waals surface area contributed by atoms with Gasteiger partial charge in [0, 0.05) is 18.7 Å². The Morgan fingerprint density at radius 3 is 2.27 bits per heavy atom. The quantitative estimate of drug-likeness (QED) is 0.391. The monoisotopic (exact) mass is 520 g/mol. The highest BCUT2D eigenvalue weighted by Crippen LogP contribution is 2.37. The molecule has 0 aliphatic carbocycles. The summed E-state index contributed by atoms with van der Waals surface area (Å²) in [5, 5.41) is 10.4. The average molecular weight is 521 g/mol. The van der Waals surface area contributed by atoms with Gasteiger partial charge in [-0.1, -0.05) is 35.4 Å². The molecule has 0 unspecified atom stereocenters. The molecule has 1 N–H and O–H groups in total. The van der Waals surface area contributed by atoms with Crippen LogP contribution in [0.3, 0.4) is 0 Å². The van der Waals surface area contributed by atoms with Crippen molar-refractivity contribution in [2.24, 2.45) is 0 Å². The number of benzene rings is 3. The predicted molar refractivity (Wildman–Crippen MR) is 135 cm³/mol. The summed E-state index contributed by atoms with van der Waals surface area (Å²) in [7, 11) is -0.699. The maximum Gasteiger partial charge on any atom is 0.322 e. The fraction of sp³-hybridized carbons (Fsp3) is 0.192. The van der Waals surface area contributed by atoms with Gasteiger partial charge in [0.05, 0.1) is 19.1 Å². The number of amides is 1. The number of anilines is 1. The zero-order valence-corrected chi connectivity index (χ0v) is 21.0. The molecular formula is C26H24N4O6S. The van der Waals surface area contributed by atoms with Gasteiger partial charge in [0.15, 0.2) is 0 Å². The maximum atomic E-state index is 13.2. The molecule has 2 heterocycles. The first-order valence-electron chi connectivity index (χ1n) is 11.4. The lowest BCUT2D eigenvalue weighted by Gasteiger charge is -2.28. The molecule has 0 radical (unpaired) electrons. The summed E-state index contributed by atoms with van der Waals surface area (Å²) in [6.07, 6.45) is 0.656. The van der Waals surface area contributed by atoms with Crippen molar-refractivity contribution in [1.29, 1.82) is 0 Å². The first-order valence-corrected chi connectivity index (χ1v) is 12.9. The largest absolute Gasteiger partial charge is 0.496 e. The van der Waals surface area contributed by atoms with E-state index in [-0.39, 0.29) is 22.4 Å². The Morgan fingerprint density at radius 1 is 0.919 bits per heavy atom. The number of ether oxygens (including phenoxy) is 2. The smallest absolute Gasteiger partial charge is 0.322 e. The van der Waals surface area contributed by atoms with Crippen LogP contribution in [0.4, 0.5) is 6.01 Å². The van der Waals surface area contributed by atoms with Crippen molar-refractivity contribution in [2.75, 3.05) is 26.1 Å². The number of rotatable bonds is 7. The SMILES string of the molecule is COc1cccc(OC)c1-c1nnc(NC(=O)c2ccc(S(=O)(=O)N3CCc4ccccc4C3)cc2)o1. The van der Waals surface area contributed by atoms with Crippen LogP contribution < -0.4 is 14.8 Å². The van der Waals surface area contributed by atoms with Crippen LogP contribution in [0.5, 0.6) is 11.5 Å². The number of nitrogens with one attached hydrogen (secondary N) is 1. The van der Waals surface area contributed by atoms with Crippen molar-refractivity contribution < 1.29 is 27.1 Å². The Bertz CT molecular complexity index is 1530. The Hall–Kier alpha value is -4.22. The molecule has 4 aromatic rings. The molecule has 0 saturated carbocycles. The van der Waals surface area contributed by atoms with Gasteiger partial charge in [0.2, 0.25) is 10.0 Å². The minimum atomic E-state index is -3.71. The Kier molecular flexibility index (Phi) is 6.64. The van der Waals surface area contributed by atoms with Crippen LogP contribution in [0, 0.1) is 0 Å². The maximum absolute atomic E-state index is 13.2. The van der Waals surface area contributed by atoms with E-state index in [9.17, 15) is 13.2 Å². The molecule has 1 aliphatic heterocycles. The molecular weight excluding hydrogens is 496 g/mol. The summed E-state index contributed by atoms with van der Waals surface area (Å²) in [6, 6.07) is 18.6. The normalized spacial score (nSPS) is 13.6. The van der Waals surface area contributed by atoms with E-state index in [0.29, 0.717) is 36.6 Å². The molecule has 5 rings (SSSR count). The van der Waals surface area contributed by atoms with Gasteiger partial charge in [-0.2, -0.15) is 4.31 Å². The van der Waals surface area contributed by atoms with Gasteiger partial charge in [-0.3, -0.25) is 10.1 Å². The number of hydrogen-bond donors (Lipinski definition) is 1. The second-order valence-electron chi connectivity index (χ2n) is 8.29. The molecule has 0 saturated heterocycles. The Balaban J connectivity index is 1.30.